The Bertz CT molecular complexity index is 175. The van der Waals surface area contributed by atoms with E-state index in [4.69, 9.17) is 0 Å². The second-order valence-corrected chi connectivity index (χ2v) is 1.93. The molecular weight excluding hydrogens is 114 g/mol. The van der Waals surface area contributed by atoms with E-state index < -0.39 is 0 Å². The van der Waals surface area contributed by atoms with E-state index in [1.165, 1.54) is 0 Å². The van der Waals surface area contributed by atoms with Crippen LogP contribution in [0.2, 0.25) is 0 Å². The van der Waals surface area contributed by atoms with Gasteiger partial charge in [-0.25, -0.2) is 0 Å². The van der Waals surface area contributed by atoms with Gasteiger partial charge in [0.2, 0.25) is 0 Å². The number of nitrogens with one attached hydrogen (secondary N) is 1. The molecular formula is C6H10N3+. The first-order chi connectivity index (χ1) is 4.39. The van der Waals surface area contributed by atoms with Crippen molar-refractivity contribution in [3.8, 4) is 0 Å². The van der Waals surface area contributed by atoms with Crippen LogP contribution in [0.25, 0.3) is 0 Å². The molecule has 0 aromatic carbocycles. The highest BCUT2D eigenvalue weighted by atomic mass is 15.0. The lowest BCUT2D eigenvalue weighted by Crippen LogP contribution is -2.24. The Balaban J connectivity index is 2.69. The first kappa shape index (κ1) is 6.20. The van der Waals surface area contributed by atoms with Gasteiger partial charge in [0.05, 0.1) is 13.2 Å². The molecule has 1 N–H and O–H groups in total. The van der Waals surface area contributed by atoms with Gasteiger partial charge in [0.25, 0.3) is 5.71 Å². The fraction of sp³-hybridized carbons (Fsp3) is 0.500. The second kappa shape index (κ2) is 3.17. The standard InChI is InChI=1S/C6H10N3/c1-6-4-8-5-7-2-3-9-6/h2-3,8H,4-5H2,1H3/q+1. The molecule has 0 atom stereocenters. The lowest BCUT2D eigenvalue weighted by molar-refractivity contribution is 0.793. The van der Waals surface area contributed by atoms with E-state index >= 15 is 0 Å². The molecule has 0 radical (unpaired) electrons. The maximum Gasteiger partial charge on any atom is 0.310 e. The minimum absolute atomic E-state index is 0.698. The Hall–Kier alpha value is -0.920. The van der Waals surface area contributed by atoms with Gasteiger partial charge in [-0.15, -0.1) is 0 Å². The summed E-state index contributed by atoms with van der Waals surface area (Å²) in [5, 5.41) is 3.09. The van der Waals surface area contributed by atoms with Crippen LogP contribution in [0, 0.1) is 0 Å². The van der Waals surface area contributed by atoms with E-state index in [-0.39, 0.29) is 0 Å². The lowest BCUT2D eigenvalue weighted by atomic mass is 10.4. The Morgan fingerprint density at radius 2 is 2.67 bits per heavy atom. The van der Waals surface area contributed by atoms with Gasteiger partial charge in [0, 0.05) is 6.92 Å². The number of nitrogens with zero attached hydrogens (tertiary/aromatic N) is 2. The van der Waals surface area contributed by atoms with E-state index in [2.05, 4.69) is 15.0 Å². The predicted octanol–water partition coefficient (Wildman–Crippen LogP) is -0.783. The third-order valence-corrected chi connectivity index (χ3v) is 1.05. The van der Waals surface area contributed by atoms with Crippen LogP contribution in [0.1, 0.15) is 6.92 Å². The van der Waals surface area contributed by atoms with Crippen molar-refractivity contribution in [2.45, 2.75) is 6.92 Å². The van der Waals surface area contributed by atoms with Crippen molar-refractivity contribution in [3.63, 3.8) is 0 Å². The zero-order valence-electron chi connectivity index (χ0n) is 5.46. The average molecular weight is 124 g/mol. The van der Waals surface area contributed by atoms with Crippen LogP contribution < -0.4 is 9.98 Å². The maximum absolute atomic E-state index is 4.06. The summed E-state index contributed by atoms with van der Waals surface area (Å²) >= 11 is 0. The van der Waals surface area contributed by atoms with Gasteiger partial charge in [-0.1, -0.05) is 4.67 Å². The van der Waals surface area contributed by atoms with Crippen LogP contribution in [-0.4, -0.2) is 31.4 Å². The van der Waals surface area contributed by atoms with Gasteiger partial charge < -0.3 is 0 Å². The van der Waals surface area contributed by atoms with Crippen LogP contribution in [0.5, 0.6) is 0 Å². The Morgan fingerprint density at radius 3 is 3.56 bits per heavy atom. The highest BCUT2D eigenvalue weighted by Crippen LogP contribution is 1.67. The van der Waals surface area contributed by atoms with E-state index in [1.807, 2.05) is 6.92 Å². The van der Waals surface area contributed by atoms with Crippen LogP contribution in [0.3, 0.4) is 0 Å². The molecule has 1 aliphatic heterocycles. The Kier molecular flexibility index (Phi) is 2.19. The predicted molar refractivity (Wildman–Crippen MR) is 40.2 cm³/mol. The number of aliphatic imine (C=N–C) groups is 1. The van der Waals surface area contributed by atoms with Gasteiger partial charge in [0.15, 0.2) is 0 Å². The molecule has 3 heteroatoms. The van der Waals surface area contributed by atoms with Crippen molar-refractivity contribution < 1.29 is 0 Å². The van der Waals surface area contributed by atoms with Gasteiger partial charge in [-0.3, -0.25) is 10.3 Å². The van der Waals surface area contributed by atoms with Crippen LogP contribution in [0.4, 0.5) is 0 Å². The summed E-state index contributed by atoms with van der Waals surface area (Å²) in [7, 11) is 0. The van der Waals surface area contributed by atoms with Gasteiger partial charge >= 0.3 is 6.21 Å². The fourth-order valence-corrected chi connectivity index (χ4v) is 0.607. The highest BCUT2D eigenvalue weighted by Gasteiger charge is 1.98. The molecule has 0 unspecified atom stereocenters. The number of hydrogen-bond acceptors (Lipinski definition) is 2. The number of hydrogen-bond donors (Lipinski definition) is 1. The van der Waals surface area contributed by atoms with Crippen molar-refractivity contribution in [1.82, 2.24) is 9.98 Å². The molecule has 0 aromatic rings. The van der Waals surface area contributed by atoms with Crippen molar-refractivity contribution in [2.75, 3.05) is 13.2 Å². The third-order valence-electron chi connectivity index (χ3n) is 1.05. The van der Waals surface area contributed by atoms with E-state index in [0.717, 1.165) is 12.3 Å². The monoisotopic (exact) mass is 124 g/mol. The van der Waals surface area contributed by atoms with E-state index in [1.54, 1.807) is 12.4 Å². The molecule has 0 fully saturated rings. The molecule has 0 saturated heterocycles. The maximum atomic E-state index is 4.06. The smallest absolute Gasteiger partial charge is 0.288 e. The van der Waals surface area contributed by atoms with Crippen molar-refractivity contribution >= 4 is 18.1 Å². The molecule has 9 heavy (non-hydrogen) atoms. The Labute approximate surface area is 54.2 Å². The van der Waals surface area contributed by atoms with Crippen LogP contribution >= 0.6 is 0 Å². The molecule has 1 rings (SSSR count). The van der Waals surface area contributed by atoms with Crippen molar-refractivity contribution in [2.24, 2.45) is 4.99 Å². The molecule has 0 aromatic heterocycles. The molecule has 0 amide bonds. The Morgan fingerprint density at radius 1 is 1.78 bits per heavy atom. The van der Waals surface area contributed by atoms with E-state index in [9.17, 15) is 0 Å². The van der Waals surface area contributed by atoms with E-state index in [0.29, 0.717) is 6.67 Å². The quantitative estimate of drug-likeness (QED) is 0.422. The summed E-state index contributed by atoms with van der Waals surface area (Å²) in [5.41, 5.74) is 1.10. The van der Waals surface area contributed by atoms with Gasteiger partial charge in [-0.2, -0.15) is 0 Å². The summed E-state index contributed by atoms with van der Waals surface area (Å²) in [6.07, 6.45) is 3.42. The number of rotatable bonds is 0. The fourth-order valence-electron chi connectivity index (χ4n) is 0.607. The normalized spacial score (nSPS) is 18.6. The summed E-state index contributed by atoms with van der Waals surface area (Å²) in [5.74, 6) is 0. The zero-order valence-corrected chi connectivity index (χ0v) is 5.46. The molecule has 0 bridgehead atoms. The SMILES string of the molecule is CC1=[N+]=CC=NCNC1. The first-order valence-electron chi connectivity index (χ1n) is 2.95. The van der Waals surface area contributed by atoms with Crippen molar-refractivity contribution in [3.05, 3.63) is 0 Å². The molecule has 1 aliphatic rings. The topological polar surface area (TPSA) is 38.5 Å². The summed E-state index contributed by atoms with van der Waals surface area (Å²) in [6, 6.07) is 0. The molecule has 0 aliphatic carbocycles. The zero-order chi connectivity index (χ0) is 6.53. The summed E-state index contributed by atoms with van der Waals surface area (Å²) < 4.78 is 4.06. The van der Waals surface area contributed by atoms with Crippen molar-refractivity contribution in [1.29, 1.82) is 0 Å². The molecule has 48 valence electrons. The molecule has 3 nitrogen and oxygen atoms in total. The third kappa shape index (κ3) is 2.22. The van der Waals surface area contributed by atoms with Crippen LogP contribution in [-0.2, 0) is 0 Å². The lowest BCUT2D eigenvalue weighted by Gasteiger charge is -1.92. The minimum atomic E-state index is 0.698. The molecule has 0 saturated carbocycles. The molecule has 0 spiro atoms. The highest BCUT2D eigenvalue weighted by molar-refractivity contribution is 6.16. The second-order valence-electron chi connectivity index (χ2n) is 1.93. The summed E-state index contributed by atoms with van der Waals surface area (Å²) in [6.45, 7) is 3.53. The van der Waals surface area contributed by atoms with Gasteiger partial charge in [0.1, 0.15) is 6.21 Å². The summed E-state index contributed by atoms with van der Waals surface area (Å²) in [4.78, 5) is 3.97. The average Bonchev–Trinajstić information content (AvgIpc) is 1.79. The largest absolute Gasteiger partial charge is 0.310 e. The minimum Gasteiger partial charge on any atom is -0.288 e. The van der Waals surface area contributed by atoms with Gasteiger partial charge in [-0.05, 0) is 0 Å². The van der Waals surface area contributed by atoms with Crippen LogP contribution in [0.15, 0.2) is 4.99 Å². The molecule has 1 heterocycles. The first-order valence-corrected chi connectivity index (χ1v) is 2.95.